The van der Waals surface area contributed by atoms with Crippen molar-refractivity contribution in [3.63, 3.8) is 0 Å². The first-order valence-corrected chi connectivity index (χ1v) is 8.06. The minimum atomic E-state index is -0.0343. The second kappa shape index (κ2) is 4.16. The first-order chi connectivity index (χ1) is 9.59. The summed E-state index contributed by atoms with van der Waals surface area (Å²) in [4.78, 5) is 23.8. The zero-order valence-electron chi connectivity index (χ0n) is 12.2. The Morgan fingerprint density at radius 3 is 2.80 bits per heavy atom. The molecule has 2 saturated carbocycles. The molecular formula is C18H22O2. The Bertz CT molecular complexity index is 554. The van der Waals surface area contributed by atoms with E-state index < -0.39 is 0 Å². The van der Waals surface area contributed by atoms with Crippen LogP contribution in [0.5, 0.6) is 0 Å². The van der Waals surface area contributed by atoms with E-state index in [0.29, 0.717) is 30.0 Å². The molecule has 0 amide bonds. The maximum Gasteiger partial charge on any atom is 0.159 e. The molecule has 4 rings (SSSR count). The molecule has 0 aromatic carbocycles. The average Bonchev–Trinajstić information content (AvgIpc) is 2.74. The van der Waals surface area contributed by atoms with Crippen LogP contribution in [0.1, 0.15) is 51.9 Å². The molecule has 0 N–H and O–H groups in total. The summed E-state index contributed by atoms with van der Waals surface area (Å²) >= 11 is 0. The van der Waals surface area contributed by atoms with E-state index >= 15 is 0 Å². The summed E-state index contributed by atoms with van der Waals surface area (Å²) in [6, 6.07) is 0. The van der Waals surface area contributed by atoms with Crippen molar-refractivity contribution < 1.29 is 9.59 Å². The van der Waals surface area contributed by atoms with Gasteiger partial charge in [-0.3, -0.25) is 9.59 Å². The lowest BCUT2D eigenvalue weighted by atomic mass is 9.55. The number of allylic oxidation sites excluding steroid dienone is 4. The lowest BCUT2D eigenvalue weighted by Gasteiger charge is -2.49. The third-order valence-electron chi connectivity index (χ3n) is 6.57. The SMILES string of the molecule is C[C@]12CC[C@@H]3C4=C(CC[C@@H]3[C@@H]1CCC2=O)CC(=O)C=C4. The Labute approximate surface area is 120 Å². The van der Waals surface area contributed by atoms with Crippen LogP contribution in [-0.2, 0) is 9.59 Å². The van der Waals surface area contributed by atoms with E-state index in [4.69, 9.17) is 0 Å². The van der Waals surface area contributed by atoms with Gasteiger partial charge in [0.15, 0.2) is 5.78 Å². The Morgan fingerprint density at radius 2 is 1.95 bits per heavy atom. The number of carbonyl (C=O) groups excluding carboxylic acids is 2. The van der Waals surface area contributed by atoms with E-state index in [0.717, 1.165) is 32.1 Å². The summed E-state index contributed by atoms with van der Waals surface area (Å²) in [6.07, 6.45) is 10.9. The van der Waals surface area contributed by atoms with Gasteiger partial charge in [-0.2, -0.15) is 0 Å². The first kappa shape index (κ1) is 12.6. The lowest BCUT2D eigenvalue weighted by molar-refractivity contribution is -0.129. The van der Waals surface area contributed by atoms with Crippen LogP contribution in [-0.4, -0.2) is 11.6 Å². The van der Waals surface area contributed by atoms with Gasteiger partial charge in [0.25, 0.3) is 0 Å². The van der Waals surface area contributed by atoms with Gasteiger partial charge < -0.3 is 0 Å². The minimum absolute atomic E-state index is 0.0343. The van der Waals surface area contributed by atoms with Crippen LogP contribution < -0.4 is 0 Å². The van der Waals surface area contributed by atoms with Crippen LogP contribution in [0.25, 0.3) is 0 Å². The molecule has 2 nitrogen and oxygen atoms in total. The van der Waals surface area contributed by atoms with Crippen molar-refractivity contribution in [2.24, 2.45) is 23.2 Å². The molecule has 4 atom stereocenters. The van der Waals surface area contributed by atoms with Crippen LogP contribution in [0.15, 0.2) is 23.3 Å². The van der Waals surface area contributed by atoms with Crippen molar-refractivity contribution >= 4 is 11.6 Å². The van der Waals surface area contributed by atoms with Crippen molar-refractivity contribution in [1.82, 2.24) is 0 Å². The maximum absolute atomic E-state index is 12.3. The van der Waals surface area contributed by atoms with Crippen LogP contribution in [0.2, 0.25) is 0 Å². The highest BCUT2D eigenvalue weighted by atomic mass is 16.1. The highest BCUT2D eigenvalue weighted by molar-refractivity contribution is 5.93. The number of ketones is 2. The number of hydrogen-bond acceptors (Lipinski definition) is 2. The van der Waals surface area contributed by atoms with E-state index in [2.05, 4.69) is 13.0 Å². The fraction of sp³-hybridized carbons (Fsp3) is 0.667. The third-order valence-corrected chi connectivity index (χ3v) is 6.57. The topological polar surface area (TPSA) is 34.1 Å². The summed E-state index contributed by atoms with van der Waals surface area (Å²) in [5.74, 6) is 2.66. The van der Waals surface area contributed by atoms with Crippen molar-refractivity contribution in [2.75, 3.05) is 0 Å². The number of carbonyl (C=O) groups is 2. The van der Waals surface area contributed by atoms with E-state index in [1.807, 2.05) is 0 Å². The molecule has 0 aliphatic heterocycles. The van der Waals surface area contributed by atoms with Gasteiger partial charge in [-0.1, -0.05) is 18.6 Å². The number of rotatable bonds is 0. The molecular weight excluding hydrogens is 248 g/mol. The zero-order valence-corrected chi connectivity index (χ0v) is 12.2. The van der Waals surface area contributed by atoms with Gasteiger partial charge >= 0.3 is 0 Å². The Hall–Kier alpha value is -1.18. The van der Waals surface area contributed by atoms with Gasteiger partial charge in [0.2, 0.25) is 0 Å². The van der Waals surface area contributed by atoms with Crippen LogP contribution in [0, 0.1) is 23.2 Å². The lowest BCUT2D eigenvalue weighted by Crippen LogP contribution is -2.43. The third kappa shape index (κ3) is 1.57. The van der Waals surface area contributed by atoms with Gasteiger partial charge in [-0.05, 0) is 61.5 Å². The van der Waals surface area contributed by atoms with Crippen LogP contribution in [0.3, 0.4) is 0 Å². The van der Waals surface area contributed by atoms with E-state index in [-0.39, 0.29) is 11.2 Å². The second-order valence-electron chi connectivity index (χ2n) is 7.37. The molecule has 106 valence electrons. The molecule has 0 saturated heterocycles. The predicted octanol–water partition coefficient (Wildman–Crippen LogP) is 3.62. The predicted molar refractivity (Wildman–Crippen MR) is 77.1 cm³/mol. The summed E-state index contributed by atoms with van der Waals surface area (Å²) in [6.45, 7) is 2.22. The molecule has 0 radical (unpaired) electrons. The van der Waals surface area contributed by atoms with Gasteiger partial charge in [-0.25, -0.2) is 0 Å². The van der Waals surface area contributed by atoms with E-state index in [1.165, 1.54) is 17.6 Å². The van der Waals surface area contributed by atoms with E-state index in [9.17, 15) is 9.59 Å². The smallest absolute Gasteiger partial charge is 0.159 e. The molecule has 0 bridgehead atoms. The number of fused-ring (bicyclic) bond motifs is 4. The standard InChI is InChI=1S/C18H22O2/c1-18-9-8-14-13-5-3-12(19)10-11(13)2-4-15(14)16(18)6-7-17(18)20/h3,5,14-16H,2,4,6-10H2,1H3/t14-,15+,16+,18+/m1/s1. The molecule has 4 aliphatic rings. The fourth-order valence-electron chi connectivity index (χ4n) is 5.48. The molecule has 0 spiro atoms. The largest absolute Gasteiger partial charge is 0.299 e. The van der Waals surface area contributed by atoms with Gasteiger partial charge in [0.05, 0.1) is 0 Å². The maximum atomic E-state index is 12.3. The van der Waals surface area contributed by atoms with Crippen molar-refractivity contribution in [3.8, 4) is 0 Å². The number of Topliss-reactive ketones (excluding diaryl/α,β-unsaturated/α-hetero) is 1. The van der Waals surface area contributed by atoms with Gasteiger partial charge in [0, 0.05) is 18.3 Å². The highest BCUT2D eigenvalue weighted by Crippen LogP contribution is 2.59. The molecule has 2 fully saturated rings. The molecule has 2 heteroatoms. The molecule has 0 aromatic rings. The summed E-state index contributed by atoms with van der Waals surface area (Å²) in [5.41, 5.74) is 2.82. The average molecular weight is 270 g/mol. The first-order valence-electron chi connectivity index (χ1n) is 8.06. The van der Waals surface area contributed by atoms with Crippen LogP contribution in [0.4, 0.5) is 0 Å². The molecule has 4 aliphatic carbocycles. The summed E-state index contributed by atoms with van der Waals surface area (Å²) in [5, 5.41) is 0. The Morgan fingerprint density at radius 1 is 1.10 bits per heavy atom. The normalized spacial score (nSPS) is 43.4. The minimum Gasteiger partial charge on any atom is -0.299 e. The fourth-order valence-corrected chi connectivity index (χ4v) is 5.48. The summed E-state index contributed by atoms with van der Waals surface area (Å²) < 4.78 is 0. The van der Waals surface area contributed by atoms with Crippen molar-refractivity contribution in [3.05, 3.63) is 23.3 Å². The zero-order chi connectivity index (χ0) is 13.9. The van der Waals surface area contributed by atoms with Gasteiger partial charge in [0.1, 0.15) is 5.78 Å². The molecule has 0 unspecified atom stereocenters. The highest BCUT2D eigenvalue weighted by Gasteiger charge is 2.54. The molecule has 0 aromatic heterocycles. The van der Waals surface area contributed by atoms with Crippen molar-refractivity contribution in [2.45, 2.75) is 51.9 Å². The second-order valence-corrected chi connectivity index (χ2v) is 7.37. The van der Waals surface area contributed by atoms with Gasteiger partial charge in [-0.15, -0.1) is 0 Å². The van der Waals surface area contributed by atoms with Crippen LogP contribution >= 0.6 is 0 Å². The molecule has 0 heterocycles. The Kier molecular flexibility index (Phi) is 2.61. The number of hydrogen-bond donors (Lipinski definition) is 0. The monoisotopic (exact) mass is 270 g/mol. The van der Waals surface area contributed by atoms with Crippen molar-refractivity contribution in [1.29, 1.82) is 0 Å². The molecule has 20 heavy (non-hydrogen) atoms. The summed E-state index contributed by atoms with van der Waals surface area (Å²) in [7, 11) is 0. The van der Waals surface area contributed by atoms with E-state index in [1.54, 1.807) is 6.08 Å². The Balaban J connectivity index is 1.69. The quantitative estimate of drug-likeness (QED) is 0.673.